The molecule has 0 radical (unpaired) electrons. The van der Waals surface area contributed by atoms with Crippen LogP contribution in [0.25, 0.3) is 0 Å². The molecule has 1 aromatic rings. The number of ether oxygens (including phenoxy) is 2. The van der Waals surface area contributed by atoms with Gasteiger partial charge in [-0.25, -0.2) is 4.79 Å². The molecule has 0 aliphatic heterocycles. The van der Waals surface area contributed by atoms with Crippen molar-refractivity contribution in [2.24, 2.45) is 0 Å². The van der Waals surface area contributed by atoms with Crippen molar-refractivity contribution in [3.05, 3.63) is 23.8 Å². The maximum absolute atomic E-state index is 12.1. The maximum Gasteiger partial charge on any atom is 0.329 e. The number of carbonyl (C=O) groups excluding carboxylic acids is 2. The number of amides is 1. The van der Waals surface area contributed by atoms with E-state index in [0.717, 1.165) is 0 Å². The summed E-state index contributed by atoms with van der Waals surface area (Å²) >= 11 is 1.44. The average Bonchev–Trinajstić information content (AvgIpc) is 2.46. The number of hydrogen-bond donors (Lipinski definition) is 2. The van der Waals surface area contributed by atoms with Gasteiger partial charge in [-0.1, -0.05) is 0 Å². The fourth-order valence-corrected chi connectivity index (χ4v) is 2.12. The van der Waals surface area contributed by atoms with Gasteiger partial charge in [-0.2, -0.15) is 11.8 Å². The number of benzene rings is 1. The number of nitrogens with one attached hydrogen (secondary N) is 1. The summed E-state index contributed by atoms with van der Waals surface area (Å²) in [7, 11) is 2.76. The third kappa shape index (κ3) is 4.06. The zero-order valence-electron chi connectivity index (χ0n) is 11.6. The van der Waals surface area contributed by atoms with Crippen LogP contribution >= 0.6 is 11.8 Å². The number of esters is 1. The Balaban J connectivity index is 2.86. The predicted octanol–water partition coefficient (Wildman–Crippen LogP) is 0.912. The van der Waals surface area contributed by atoms with Gasteiger partial charge in [0.15, 0.2) is 0 Å². The second-order valence-corrected chi connectivity index (χ2v) is 4.87. The van der Waals surface area contributed by atoms with Gasteiger partial charge in [0.25, 0.3) is 5.91 Å². The van der Waals surface area contributed by atoms with E-state index in [4.69, 9.17) is 10.5 Å². The minimum absolute atomic E-state index is 0.367. The molecule has 6 nitrogen and oxygen atoms in total. The van der Waals surface area contributed by atoms with E-state index in [1.54, 1.807) is 12.1 Å². The number of nitrogens with two attached hydrogens (primary N) is 1. The number of nitrogen functional groups attached to an aromatic ring is 1. The van der Waals surface area contributed by atoms with Crippen LogP contribution in [0, 0.1) is 0 Å². The first-order valence-electron chi connectivity index (χ1n) is 5.84. The SMILES string of the molecule is COC(=O)[C@H](CSC)NC(=O)c1ccc(N)c(OC)c1. The minimum atomic E-state index is -0.689. The first-order chi connectivity index (χ1) is 9.53. The summed E-state index contributed by atoms with van der Waals surface area (Å²) in [5, 5.41) is 2.63. The van der Waals surface area contributed by atoms with Gasteiger partial charge in [-0.15, -0.1) is 0 Å². The summed E-state index contributed by atoms with van der Waals surface area (Å²) in [6.07, 6.45) is 1.84. The molecule has 1 aromatic carbocycles. The van der Waals surface area contributed by atoms with Crippen molar-refractivity contribution in [1.29, 1.82) is 0 Å². The minimum Gasteiger partial charge on any atom is -0.495 e. The Morgan fingerprint density at radius 3 is 2.65 bits per heavy atom. The highest BCUT2D eigenvalue weighted by Crippen LogP contribution is 2.22. The van der Waals surface area contributed by atoms with Crippen molar-refractivity contribution < 1.29 is 19.1 Å². The molecule has 0 aliphatic rings. The van der Waals surface area contributed by atoms with Crippen LogP contribution in [0.3, 0.4) is 0 Å². The standard InChI is InChI=1S/C13H18N2O4S/c1-18-11-6-8(4-5-9(11)14)12(16)15-10(7-20-3)13(17)19-2/h4-6,10H,7,14H2,1-3H3,(H,15,16)/t10-/m0/s1. The van der Waals surface area contributed by atoms with Crippen LogP contribution in [-0.4, -0.2) is 44.1 Å². The smallest absolute Gasteiger partial charge is 0.329 e. The Kier molecular flexibility index (Phi) is 6.17. The number of methoxy groups -OCH3 is 2. The van der Waals surface area contributed by atoms with Crippen LogP contribution in [0.15, 0.2) is 18.2 Å². The first-order valence-corrected chi connectivity index (χ1v) is 7.24. The normalized spacial score (nSPS) is 11.6. The molecule has 3 N–H and O–H groups in total. The third-order valence-electron chi connectivity index (χ3n) is 2.62. The number of anilines is 1. The highest BCUT2D eigenvalue weighted by molar-refractivity contribution is 7.98. The molecule has 1 rings (SSSR count). The molecule has 0 saturated heterocycles. The Hall–Kier alpha value is -1.89. The van der Waals surface area contributed by atoms with Crippen LogP contribution < -0.4 is 15.8 Å². The number of carbonyl (C=O) groups is 2. The topological polar surface area (TPSA) is 90.7 Å². The molecule has 1 atom stereocenters. The summed E-state index contributed by atoms with van der Waals surface area (Å²) in [5.41, 5.74) is 6.49. The van der Waals surface area contributed by atoms with Crippen LogP contribution in [0.2, 0.25) is 0 Å². The van der Waals surface area contributed by atoms with E-state index in [2.05, 4.69) is 10.1 Å². The van der Waals surface area contributed by atoms with Gasteiger partial charge in [0.2, 0.25) is 0 Å². The van der Waals surface area contributed by atoms with Crippen LogP contribution in [0.5, 0.6) is 5.75 Å². The highest BCUT2D eigenvalue weighted by atomic mass is 32.2. The highest BCUT2D eigenvalue weighted by Gasteiger charge is 2.21. The fourth-order valence-electron chi connectivity index (χ4n) is 1.57. The fraction of sp³-hybridized carbons (Fsp3) is 0.385. The van der Waals surface area contributed by atoms with Crippen molar-refractivity contribution in [3.63, 3.8) is 0 Å². The molecule has 0 bridgehead atoms. The van der Waals surface area contributed by atoms with Crippen LogP contribution in [0.4, 0.5) is 5.69 Å². The third-order valence-corrected chi connectivity index (χ3v) is 3.29. The molecule has 0 spiro atoms. The zero-order valence-corrected chi connectivity index (χ0v) is 12.5. The Morgan fingerprint density at radius 2 is 2.10 bits per heavy atom. The summed E-state index contributed by atoms with van der Waals surface area (Å²) in [6, 6.07) is 3.99. The van der Waals surface area contributed by atoms with Crippen LogP contribution in [0.1, 0.15) is 10.4 Å². The quantitative estimate of drug-likeness (QED) is 0.599. The van der Waals surface area contributed by atoms with Gasteiger partial charge in [0, 0.05) is 11.3 Å². The molecule has 7 heteroatoms. The summed E-state index contributed by atoms with van der Waals surface area (Å²) in [4.78, 5) is 23.7. The van der Waals surface area contributed by atoms with Crippen molar-refractivity contribution in [3.8, 4) is 5.75 Å². The van der Waals surface area contributed by atoms with Gasteiger partial charge in [0.05, 0.1) is 19.9 Å². The lowest BCUT2D eigenvalue weighted by Crippen LogP contribution is -2.43. The van der Waals surface area contributed by atoms with Gasteiger partial charge in [-0.3, -0.25) is 4.79 Å². The van der Waals surface area contributed by atoms with E-state index < -0.39 is 12.0 Å². The molecule has 0 unspecified atom stereocenters. The molecule has 0 fully saturated rings. The molecule has 110 valence electrons. The van der Waals surface area contributed by atoms with Crippen molar-refractivity contribution in [1.82, 2.24) is 5.32 Å². The largest absolute Gasteiger partial charge is 0.495 e. The van der Waals surface area contributed by atoms with E-state index in [-0.39, 0.29) is 5.91 Å². The second kappa shape index (κ2) is 7.64. The van der Waals surface area contributed by atoms with E-state index in [1.807, 2.05) is 6.26 Å². The lowest BCUT2D eigenvalue weighted by Gasteiger charge is -2.15. The summed E-state index contributed by atoms with van der Waals surface area (Å²) in [5.74, 6) is -0.00941. The molecule has 0 aliphatic carbocycles. The van der Waals surface area contributed by atoms with Gasteiger partial charge in [-0.05, 0) is 24.5 Å². The Bertz CT molecular complexity index is 493. The van der Waals surface area contributed by atoms with Crippen LogP contribution in [-0.2, 0) is 9.53 Å². The molecular weight excluding hydrogens is 280 g/mol. The Labute approximate surface area is 122 Å². The van der Waals surface area contributed by atoms with E-state index >= 15 is 0 Å². The van der Waals surface area contributed by atoms with Gasteiger partial charge < -0.3 is 20.5 Å². The monoisotopic (exact) mass is 298 g/mol. The summed E-state index contributed by atoms with van der Waals surface area (Å²) in [6.45, 7) is 0. The van der Waals surface area contributed by atoms with E-state index in [1.165, 1.54) is 32.0 Å². The summed E-state index contributed by atoms with van der Waals surface area (Å²) < 4.78 is 9.71. The van der Waals surface area contributed by atoms with Gasteiger partial charge >= 0.3 is 5.97 Å². The number of hydrogen-bond acceptors (Lipinski definition) is 6. The lowest BCUT2D eigenvalue weighted by molar-refractivity contribution is -0.142. The van der Waals surface area contributed by atoms with E-state index in [9.17, 15) is 9.59 Å². The molecule has 0 heterocycles. The number of thioether (sulfide) groups is 1. The lowest BCUT2D eigenvalue weighted by atomic mass is 10.1. The maximum atomic E-state index is 12.1. The predicted molar refractivity (Wildman–Crippen MR) is 79.1 cm³/mol. The van der Waals surface area contributed by atoms with Crippen molar-refractivity contribution in [2.45, 2.75) is 6.04 Å². The Morgan fingerprint density at radius 1 is 1.40 bits per heavy atom. The van der Waals surface area contributed by atoms with Crippen molar-refractivity contribution >= 4 is 29.3 Å². The average molecular weight is 298 g/mol. The van der Waals surface area contributed by atoms with Gasteiger partial charge in [0.1, 0.15) is 11.8 Å². The zero-order chi connectivity index (χ0) is 15.1. The molecule has 20 heavy (non-hydrogen) atoms. The number of rotatable bonds is 6. The first kappa shape index (κ1) is 16.2. The molecular formula is C13H18N2O4S. The van der Waals surface area contributed by atoms with E-state index in [0.29, 0.717) is 22.8 Å². The second-order valence-electron chi connectivity index (χ2n) is 3.96. The molecule has 0 aromatic heterocycles. The molecule has 1 amide bonds. The molecule has 0 saturated carbocycles. The van der Waals surface area contributed by atoms with Crippen molar-refractivity contribution in [2.75, 3.05) is 32.0 Å².